The van der Waals surface area contributed by atoms with Gasteiger partial charge in [0.25, 0.3) is 0 Å². The molecule has 0 aromatic carbocycles. The van der Waals surface area contributed by atoms with Crippen molar-refractivity contribution >= 4 is 29.5 Å². The van der Waals surface area contributed by atoms with E-state index >= 15 is 0 Å². The number of carboxylic acids is 1. The second kappa shape index (κ2) is 9.91. The minimum atomic E-state index is -0.736. The predicted molar refractivity (Wildman–Crippen MR) is 97.4 cm³/mol. The molecule has 0 saturated carbocycles. The molecular formula is C17H29N3O3S. The van der Waals surface area contributed by atoms with Crippen molar-refractivity contribution in [3.05, 3.63) is 0 Å². The Balaban J connectivity index is 1.46. The van der Waals surface area contributed by atoms with E-state index in [-0.39, 0.29) is 6.42 Å². The number of nitrogens with zero attached hydrogens (tertiary/aromatic N) is 1. The lowest BCUT2D eigenvalue weighted by Gasteiger charge is -2.14. The number of unbranched alkanes of at least 4 members (excludes halogenated alkanes) is 4. The van der Waals surface area contributed by atoms with Gasteiger partial charge < -0.3 is 16.2 Å². The van der Waals surface area contributed by atoms with Gasteiger partial charge in [-0.3, -0.25) is 9.59 Å². The van der Waals surface area contributed by atoms with Gasteiger partial charge in [0, 0.05) is 30.3 Å². The number of nitrogens with one attached hydrogen (secondary N) is 1. The van der Waals surface area contributed by atoms with Crippen LogP contribution in [-0.2, 0) is 9.59 Å². The van der Waals surface area contributed by atoms with Gasteiger partial charge in [-0.2, -0.15) is 11.8 Å². The van der Waals surface area contributed by atoms with E-state index in [2.05, 4.69) is 10.3 Å². The molecule has 1 saturated heterocycles. The topological polar surface area (TPSA) is 105 Å². The number of carbonyl (C=O) groups excluding carboxylic acids is 1. The zero-order chi connectivity index (χ0) is 17.4. The maximum Gasteiger partial charge on any atom is 0.303 e. The molecule has 0 bridgehead atoms. The van der Waals surface area contributed by atoms with E-state index < -0.39 is 5.97 Å². The largest absolute Gasteiger partial charge is 0.481 e. The molecule has 6 nitrogen and oxygen atoms in total. The molecule has 2 heterocycles. The van der Waals surface area contributed by atoms with Crippen LogP contribution in [0.5, 0.6) is 0 Å². The quantitative estimate of drug-likeness (QED) is 0.464. The lowest BCUT2D eigenvalue weighted by atomic mass is 10.0. The number of carboxylic acid groups (broad SMARTS) is 1. The van der Waals surface area contributed by atoms with Crippen LogP contribution < -0.4 is 11.1 Å². The van der Waals surface area contributed by atoms with Crippen molar-refractivity contribution in [3.8, 4) is 0 Å². The van der Waals surface area contributed by atoms with Gasteiger partial charge in [-0.05, 0) is 25.7 Å². The number of fused-ring (bicyclic) bond motifs is 1. The summed E-state index contributed by atoms with van der Waals surface area (Å²) in [7, 11) is 0. The fraction of sp³-hybridized carbons (Fsp3) is 0.824. The van der Waals surface area contributed by atoms with Crippen molar-refractivity contribution in [3.63, 3.8) is 0 Å². The third-order valence-electron chi connectivity index (χ3n) is 4.69. The number of aliphatic carboxylic acids is 1. The number of ketones is 1. The van der Waals surface area contributed by atoms with E-state index in [1.54, 1.807) is 0 Å². The number of Topliss-reactive ketones (excluding diaryl/α,β-unsaturated/α-hetero) is 1. The standard InChI is InChI=1S/C17H29N3O3S/c18-17-19-13-11-24-14(16(13)20-17)9-6-5-8-12(21)7-3-1-2-4-10-15(22)23/h13-14,16H,1-11H2,(H,22,23)(H3,18,19,20)/t13-,14-,16-/m0/s1. The van der Waals surface area contributed by atoms with Gasteiger partial charge in [0.2, 0.25) is 0 Å². The number of rotatable bonds is 12. The maximum atomic E-state index is 11.9. The minimum Gasteiger partial charge on any atom is -0.481 e. The first-order chi connectivity index (χ1) is 11.6. The average Bonchev–Trinajstić information content (AvgIpc) is 3.06. The summed E-state index contributed by atoms with van der Waals surface area (Å²) in [6.07, 6.45) is 8.14. The summed E-state index contributed by atoms with van der Waals surface area (Å²) < 4.78 is 0. The van der Waals surface area contributed by atoms with E-state index in [4.69, 9.17) is 10.8 Å². The Morgan fingerprint density at radius 1 is 1.12 bits per heavy atom. The number of aliphatic imine (C=N–C) groups is 1. The van der Waals surface area contributed by atoms with Gasteiger partial charge in [0.1, 0.15) is 5.78 Å². The molecule has 7 heteroatoms. The molecule has 0 unspecified atom stereocenters. The molecule has 0 aromatic heterocycles. The van der Waals surface area contributed by atoms with Crippen LogP contribution in [0, 0.1) is 0 Å². The molecule has 2 rings (SSSR count). The van der Waals surface area contributed by atoms with Crippen LogP contribution in [0.25, 0.3) is 0 Å². The summed E-state index contributed by atoms with van der Waals surface area (Å²) in [6.45, 7) is 0. The highest BCUT2D eigenvalue weighted by Gasteiger charge is 2.39. The minimum absolute atomic E-state index is 0.236. The molecule has 1 fully saturated rings. The first kappa shape index (κ1) is 19.1. The molecular weight excluding hydrogens is 326 g/mol. The summed E-state index contributed by atoms with van der Waals surface area (Å²) in [5.74, 6) is 1.25. The molecule has 0 spiro atoms. The van der Waals surface area contributed by atoms with E-state index in [1.807, 2.05) is 11.8 Å². The smallest absolute Gasteiger partial charge is 0.303 e. The molecule has 4 N–H and O–H groups in total. The van der Waals surface area contributed by atoms with Crippen LogP contribution in [0.15, 0.2) is 4.99 Å². The van der Waals surface area contributed by atoms with Crippen molar-refractivity contribution in [2.45, 2.75) is 81.5 Å². The van der Waals surface area contributed by atoms with Crippen LogP contribution in [0.4, 0.5) is 0 Å². The molecule has 136 valence electrons. The Morgan fingerprint density at radius 2 is 1.79 bits per heavy atom. The first-order valence-corrected chi connectivity index (χ1v) is 10.1. The summed E-state index contributed by atoms with van der Waals surface area (Å²) in [5.41, 5.74) is 5.73. The Kier molecular flexibility index (Phi) is 7.88. The van der Waals surface area contributed by atoms with Crippen LogP contribution in [0.2, 0.25) is 0 Å². The van der Waals surface area contributed by atoms with Crippen molar-refractivity contribution in [2.24, 2.45) is 10.7 Å². The zero-order valence-electron chi connectivity index (χ0n) is 14.2. The predicted octanol–water partition coefficient (Wildman–Crippen LogP) is 2.31. The first-order valence-electron chi connectivity index (χ1n) is 9.01. The van der Waals surface area contributed by atoms with Crippen LogP contribution in [0.1, 0.15) is 64.2 Å². The fourth-order valence-corrected chi connectivity index (χ4v) is 4.89. The summed E-state index contributed by atoms with van der Waals surface area (Å²) in [5, 5.41) is 12.3. The Hall–Kier alpha value is -1.24. The van der Waals surface area contributed by atoms with E-state index in [9.17, 15) is 9.59 Å². The van der Waals surface area contributed by atoms with Gasteiger partial charge in [0.05, 0.1) is 12.1 Å². The number of thioether (sulfide) groups is 1. The Bertz CT molecular complexity index is 470. The molecule has 0 amide bonds. The number of nitrogens with two attached hydrogens (primary N) is 1. The average molecular weight is 356 g/mol. The van der Waals surface area contributed by atoms with Crippen LogP contribution in [0.3, 0.4) is 0 Å². The van der Waals surface area contributed by atoms with Crippen molar-refractivity contribution in [1.82, 2.24) is 5.32 Å². The normalized spacial score (nSPS) is 25.2. The third kappa shape index (κ3) is 6.34. The fourth-order valence-electron chi connectivity index (χ4n) is 3.37. The summed E-state index contributed by atoms with van der Waals surface area (Å²) in [6, 6.07) is 0.722. The molecule has 0 radical (unpaired) electrons. The van der Waals surface area contributed by atoms with E-state index in [1.165, 1.54) is 0 Å². The third-order valence-corrected chi connectivity index (χ3v) is 6.19. The number of hydrogen-bond acceptors (Lipinski definition) is 6. The maximum absolute atomic E-state index is 11.9. The summed E-state index contributed by atoms with van der Waals surface area (Å²) in [4.78, 5) is 26.7. The number of hydrogen-bond donors (Lipinski definition) is 3. The van der Waals surface area contributed by atoms with E-state index in [0.717, 1.165) is 44.3 Å². The lowest BCUT2D eigenvalue weighted by Crippen LogP contribution is -2.38. The van der Waals surface area contributed by atoms with Gasteiger partial charge in [-0.25, -0.2) is 4.99 Å². The van der Waals surface area contributed by atoms with Gasteiger partial charge >= 0.3 is 5.97 Å². The van der Waals surface area contributed by atoms with Gasteiger partial charge in [0.15, 0.2) is 5.96 Å². The second-order valence-corrected chi connectivity index (χ2v) is 7.99. The number of guanidine groups is 1. The molecule has 3 atom stereocenters. The van der Waals surface area contributed by atoms with Crippen LogP contribution in [-0.4, -0.2) is 45.9 Å². The van der Waals surface area contributed by atoms with Crippen LogP contribution >= 0.6 is 11.8 Å². The zero-order valence-corrected chi connectivity index (χ0v) is 15.0. The lowest BCUT2D eigenvalue weighted by molar-refractivity contribution is -0.137. The molecule has 0 aliphatic carbocycles. The highest BCUT2D eigenvalue weighted by molar-refractivity contribution is 8.00. The van der Waals surface area contributed by atoms with Crippen molar-refractivity contribution in [2.75, 3.05) is 5.75 Å². The van der Waals surface area contributed by atoms with Crippen molar-refractivity contribution in [1.29, 1.82) is 0 Å². The molecule has 24 heavy (non-hydrogen) atoms. The monoisotopic (exact) mass is 355 g/mol. The van der Waals surface area contributed by atoms with E-state index in [0.29, 0.717) is 48.3 Å². The molecule has 0 aromatic rings. The second-order valence-electron chi connectivity index (χ2n) is 6.72. The molecule has 2 aliphatic rings. The highest BCUT2D eigenvalue weighted by atomic mass is 32.2. The highest BCUT2D eigenvalue weighted by Crippen LogP contribution is 2.35. The van der Waals surface area contributed by atoms with Gasteiger partial charge in [-0.1, -0.05) is 19.3 Å². The summed E-state index contributed by atoms with van der Waals surface area (Å²) >= 11 is 1.97. The van der Waals surface area contributed by atoms with Crippen molar-refractivity contribution < 1.29 is 14.7 Å². The Labute approximate surface area is 148 Å². The molecule has 2 aliphatic heterocycles. The SMILES string of the molecule is NC1=N[C@H]2[C@H](CS[C@H]2CCCCC(=O)CCCCCCC(=O)O)N1. The number of carbonyl (C=O) groups is 2. The Morgan fingerprint density at radius 3 is 2.50 bits per heavy atom. The van der Waals surface area contributed by atoms with Gasteiger partial charge in [-0.15, -0.1) is 0 Å².